The third kappa shape index (κ3) is 2.54. The molecule has 1 saturated heterocycles. The fourth-order valence-corrected chi connectivity index (χ4v) is 1.97. The number of nitrogens with one attached hydrogen (secondary N) is 2. The molecule has 2 N–H and O–H groups in total. The summed E-state index contributed by atoms with van der Waals surface area (Å²) >= 11 is 0. The molecule has 1 aliphatic heterocycles. The molecule has 0 radical (unpaired) electrons. The number of hydrogen-bond acceptors (Lipinski definition) is 4. The number of amides is 3. The largest absolute Gasteiger partial charge is 0.355 e. The molecule has 1 aromatic heterocycles. The highest BCUT2D eigenvalue weighted by Gasteiger charge is 2.28. The number of piperidine rings is 1. The number of carbonyl (C=O) groups excluding carboxylic acids is 3. The molecule has 1 fully saturated rings. The van der Waals surface area contributed by atoms with E-state index in [9.17, 15) is 19.2 Å². The maximum absolute atomic E-state index is 11.8. The van der Waals surface area contributed by atoms with Crippen LogP contribution in [-0.4, -0.2) is 29.3 Å². The summed E-state index contributed by atoms with van der Waals surface area (Å²) in [5.74, 6) is -1.22. The van der Waals surface area contributed by atoms with Gasteiger partial charge in [0.05, 0.1) is 5.56 Å². The Morgan fingerprint density at radius 3 is 2.74 bits per heavy atom. The summed E-state index contributed by atoms with van der Waals surface area (Å²) in [6.45, 7) is 0. The Kier molecular flexibility index (Phi) is 3.46. The SMILES string of the molecule is CNC(=O)c1ccc(=O)n(C2CCC(=O)NC2=O)c1. The van der Waals surface area contributed by atoms with Gasteiger partial charge in [0.15, 0.2) is 0 Å². The summed E-state index contributed by atoms with van der Waals surface area (Å²) in [6.07, 6.45) is 1.76. The molecular formula is C12H13N3O4. The van der Waals surface area contributed by atoms with Crippen molar-refractivity contribution >= 4 is 17.7 Å². The van der Waals surface area contributed by atoms with E-state index in [2.05, 4.69) is 10.6 Å². The second-order valence-corrected chi connectivity index (χ2v) is 4.21. The molecule has 1 atom stereocenters. The van der Waals surface area contributed by atoms with Gasteiger partial charge in [-0.05, 0) is 12.5 Å². The number of carbonyl (C=O) groups is 3. The molecule has 0 aromatic carbocycles. The van der Waals surface area contributed by atoms with Gasteiger partial charge in [-0.15, -0.1) is 0 Å². The van der Waals surface area contributed by atoms with Crippen molar-refractivity contribution < 1.29 is 14.4 Å². The quantitative estimate of drug-likeness (QED) is 0.682. The van der Waals surface area contributed by atoms with Gasteiger partial charge >= 0.3 is 0 Å². The van der Waals surface area contributed by atoms with Gasteiger partial charge in [-0.3, -0.25) is 24.5 Å². The Bertz CT molecular complexity index is 605. The van der Waals surface area contributed by atoms with Crippen LogP contribution in [0.25, 0.3) is 0 Å². The van der Waals surface area contributed by atoms with E-state index in [4.69, 9.17) is 0 Å². The standard InChI is InChI=1S/C12H13N3O4/c1-13-11(18)7-2-5-10(17)15(6-7)8-3-4-9(16)14-12(8)19/h2,5-6,8H,3-4H2,1H3,(H,13,18)(H,14,16,19). The second kappa shape index (κ2) is 5.05. The lowest BCUT2D eigenvalue weighted by Crippen LogP contribution is -2.44. The lowest BCUT2D eigenvalue weighted by Gasteiger charge is -2.23. The zero-order valence-electron chi connectivity index (χ0n) is 10.3. The summed E-state index contributed by atoms with van der Waals surface area (Å²) in [4.78, 5) is 46.1. The van der Waals surface area contributed by atoms with Crippen LogP contribution in [0.5, 0.6) is 0 Å². The second-order valence-electron chi connectivity index (χ2n) is 4.21. The number of imide groups is 1. The molecule has 0 bridgehead atoms. The Labute approximate surface area is 108 Å². The van der Waals surface area contributed by atoms with Crippen LogP contribution >= 0.6 is 0 Å². The van der Waals surface area contributed by atoms with Gasteiger partial charge in [-0.25, -0.2) is 0 Å². The molecule has 1 unspecified atom stereocenters. The third-order valence-corrected chi connectivity index (χ3v) is 2.97. The van der Waals surface area contributed by atoms with Crippen LogP contribution in [0.1, 0.15) is 29.2 Å². The van der Waals surface area contributed by atoms with E-state index in [1.165, 1.54) is 29.9 Å². The lowest BCUT2D eigenvalue weighted by molar-refractivity contribution is -0.135. The van der Waals surface area contributed by atoms with Gasteiger partial charge in [0.25, 0.3) is 11.5 Å². The lowest BCUT2D eigenvalue weighted by atomic mass is 10.1. The van der Waals surface area contributed by atoms with Crippen molar-refractivity contribution in [1.82, 2.24) is 15.2 Å². The van der Waals surface area contributed by atoms with E-state index in [0.717, 1.165) is 0 Å². The van der Waals surface area contributed by atoms with Gasteiger partial charge in [-0.1, -0.05) is 0 Å². The van der Waals surface area contributed by atoms with Crippen molar-refractivity contribution in [3.05, 3.63) is 34.2 Å². The molecule has 100 valence electrons. The number of nitrogens with zero attached hydrogens (tertiary/aromatic N) is 1. The highest BCUT2D eigenvalue weighted by Crippen LogP contribution is 2.16. The Balaban J connectivity index is 2.38. The van der Waals surface area contributed by atoms with E-state index in [-0.39, 0.29) is 35.8 Å². The molecule has 7 nitrogen and oxygen atoms in total. The molecule has 2 rings (SSSR count). The molecule has 0 saturated carbocycles. The van der Waals surface area contributed by atoms with Gasteiger partial charge in [-0.2, -0.15) is 0 Å². The van der Waals surface area contributed by atoms with E-state index in [0.29, 0.717) is 0 Å². The van der Waals surface area contributed by atoms with Crippen molar-refractivity contribution in [3.63, 3.8) is 0 Å². The van der Waals surface area contributed by atoms with Crippen LogP contribution in [0, 0.1) is 0 Å². The normalized spacial score (nSPS) is 18.9. The third-order valence-electron chi connectivity index (χ3n) is 2.97. The number of pyridine rings is 1. The van der Waals surface area contributed by atoms with Gasteiger partial charge < -0.3 is 9.88 Å². The fourth-order valence-electron chi connectivity index (χ4n) is 1.97. The minimum Gasteiger partial charge on any atom is -0.355 e. The predicted molar refractivity (Wildman–Crippen MR) is 65.5 cm³/mol. The van der Waals surface area contributed by atoms with E-state index in [1.54, 1.807) is 0 Å². The van der Waals surface area contributed by atoms with Crippen molar-refractivity contribution in [2.24, 2.45) is 0 Å². The highest BCUT2D eigenvalue weighted by atomic mass is 16.2. The fraction of sp³-hybridized carbons (Fsp3) is 0.333. The van der Waals surface area contributed by atoms with E-state index in [1.807, 2.05) is 0 Å². The number of aromatic nitrogens is 1. The molecule has 7 heteroatoms. The zero-order valence-corrected chi connectivity index (χ0v) is 10.3. The average Bonchev–Trinajstić information content (AvgIpc) is 2.39. The summed E-state index contributed by atoms with van der Waals surface area (Å²) in [7, 11) is 1.48. The molecule has 1 aliphatic rings. The maximum atomic E-state index is 11.8. The van der Waals surface area contributed by atoms with E-state index >= 15 is 0 Å². The monoisotopic (exact) mass is 263 g/mol. The minimum atomic E-state index is -0.755. The van der Waals surface area contributed by atoms with Crippen LogP contribution in [0.15, 0.2) is 23.1 Å². The minimum absolute atomic E-state index is 0.174. The molecule has 19 heavy (non-hydrogen) atoms. The first-order chi connectivity index (χ1) is 9.02. The first kappa shape index (κ1) is 13.0. The van der Waals surface area contributed by atoms with Crippen molar-refractivity contribution in [2.75, 3.05) is 7.05 Å². The molecule has 3 amide bonds. The Morgan fingerprint density at radius 2 is 2.11 bits per heavy atom. The molecule has 0 spiro atoms. The van der Waals surface area contributed by atoms with Gasteiger partial charge in [0, 0.05) is 25.7 Å². The van der Waals surface area contributed by atoms with Crippen LogP contribution in [0.2, 0.25) is 0 Å². The predicted octanol–water partition coefficient (Wildman–Crippen LogP) is -0.814. The summed E-state index contributed by atoms with van der Waals surface area (Å²) in [6, 6.07) is 1.87. The maximum Gasteiger partial charge on any atom is 0.252 e. The van der Waals surface area contributed by atoms with Gasteiger partial charge in [0.2, 0.25) is 11.8 Å². The summed E-state index contributed by atoms with van der Waals surface area (Å²) < 4.78 is 1.19. The van der Waals surface area contributed by atoms with Crippen LogP contribution < -0.4 is 16.2 Å². The summed E-state index contributed by atoms with van der Waals surface area (Å²) in [5.41, 5.74) is -0.103. The van der Waals surface area contributed by atoms with Gasteiger partial charge in [0.1, 0.15) is 6.04 Å². The smallest absolute Gasteiger partial charge is 0.252 e. The van der Waals surface area contributed by atoms with Crippen LogP contribution in [0.3, 0.4) is 0 Å². The topological polar surface area (TPSA) is 97.3 Å². The van der Waals surface area contributed by atoms with Crippen LogP contribution in [-0.2, 0) is 9.59 Å². The van der Waals surface area contributed by atoms with E-state index < -0.39 is 11.9 Å². The molecular weight excluding hydrogens is 250 g/mol. The number of rotatable bonds is 2. The zero-order chi connectivity index (χ0) is 14.0. The van der Waals surface area contributed by atoms with Crippen molar-refractivity contribution in [1.29, 1.82) is 0 Å². The van der Waals surface area contributed by atoms with Crippen LogP contribution in [0.4, 0.5) is 0 Å². The molecule has 2 heterocycles. The number of hydrogen-bond donors (Lipinski definition) is 2. The van der Waals surface area contributed by atoms with Crippen molar-refractivity contribution in [3.8, 4) is 0 Å². The Morgan fingerprint density at radius 1 is 1.37 bits per heavy atom. The summed E-state index contributed by atoms with van der Waals surface area (Å²) in [5, 5.41) is 4.62. The Hall–Kier alpha value is -2.44. The highest BCUT2D eigenvalue weighted by molar-refractivity contribution is 5.99. The average molecular weight is 263 g/mol. The first-order valence-corrected chi connectivity index (χ1v) is 5.81. The molecule has 0 aliphatic carbocycles. The molecule has 1 aromatic rings. The van der Waals surface area contributed by atoms with Crippen molar-refractivity contribution in [2.45, 2.75) is 18.9 Å². The first-order valence-electron chi connectivity index (χ1n) is 5.81.